The SMILES string of the molecule is O=C(CCC1CCNC1)NCCNC(=O)c1cnccn1. The molecule has 1 aromatic rings. The van der Waals surface area contributed by atoms with Crippen LogP contribution in [0.4, 0.5) is 0 Å². The second kappa shape index (κ2) is 8.31. The molecular formula is C14H21N5O2. The summed E-state index contributed by atoms with van der Waals surface area (Å²) in [7, 11) is 0. The fraction of sp³-hybridized carbons (Fsp3) is 0.571. The lowest BCUT2D eigenvalue weighted by molar-refractivity contribution is -0.121. The van der Waals surface area contributed by atoms with Gasteiger partial charge in [-0.15, -0.1) is 0 Å². The maximum atomic E-state index is 11.7. The highest BCUT2D eigenvalue weighted by Gasteiger charge is 2.15. The highest BCUT2D eigenvalue weighted by atomic mass is 16.2. The highest BCUT2D eigenvalue weighted by Crippen LogP contribution is 2.13. The van der Waals surface area contributed by atoms with Gasteiger partial charge >= 0.3 is 0 Å². The van der Waals surface area contributed by atoms with Crippen LogP contribution in [0.5, 0.6) is 0 Å². The maximum absolute atomic E-state index is 11.7. The first-order valence-corrected chi connectivity index (χ1v) is 7.27. The van der Waals surface area contributed by atoms with Gasteiger partial charge in [0.05, 0.1) is 6.20 Å². The van der Waals surface area contributed by atoms with Crippen LogP contribution < -0.4 is 16.0 Å². The molecule has 0 spiro atoms. The predicted octanol–water partition coefficient (Wildman–Crippen LogP) is -0.288. The Hall–Kier alpha value is -2.02. The minimum atomic E-state index is -0.283. The molecule has 2 amide bonds. The van der Waals surface area contributed by atoms with Crippen molar-refractivity contribution in [3.8, 4) is 0 Å². The molecule has 2 rings (SSSR count). The molecule has 0 bridgehead atoms. The van der Waals surface area contributed by atoms with Crippen LogP contribution in [0.1, 0.15) is 29.8 Å². The second-order valence-electron chi connectivity index (χ2n) is 5.09. The van der Waals surface area contributed by atoms with E-state index in [9.17, 15) is 9.59 Å². The summed E-state index contributed by atoms with van der Waals surface area (Å²) in [5.74, 6) is 0.372. The summed E-state index contributed by atoms with van der Waals surface area (Å²) in [6.07, 6.45) is 7.01. The molecule has 7 nitrogen and oxygen atoms in total. The maximum Gasteiger partial charge on any atom is 0.271 e. The molecule has 2 heterocycles. The van der Waals surface area contributed by atoms with E-state index in [0.29, 0.717) is 25.4 Å². The molecule has 21 heavy (non-hydrogen) atoms. The number of nitrogens with one attached hydrogen (secondary N) is 3. The molecule has 1 aliphatic heterocycles. The Morgan fingerprint density at radius 3 is 2.86 bits per heavy atom. The van der Waals surface area contributed by atoms with Crippen molar-refractivity contribution in [2.45, 2.75) is 19.3 Å². The number of carbonyl (C=O) groups is 2. The van der Waals surface area contributed by atoms with Crippen LogP contribution in [0.15, 0.2) is 18.6 Å². The lowest BCUT2D eigenvalue weighted by Crippen LogP contribution is -2.35. The summed E-state index contributed by atoms with van der Waals surface area (Å²) in [5.41, 5.74) is 0.276. The lowest BCUT2D eigenvalue weighted by atomic mass is 10.0. The summed E-state index contributed by atoms with van der Waals surface area (Å²) < 4.78 is 0. The zero-order valence-electron chi connectivity index (χ0n) is 12.0. The quantitative estimate of drug-likeness (QED) is 0.600. The van der Waals surface area contributed by atoms with E-state index >= 15 is 0 Å². The number of carbonyl (C=O) groups excluding carboxylic acids is 2. The van der Waals surface area contributed by atoms with E-state index in [1.807, 2.05) is 0 Å². The fourth-order valence-corrected chi connectivity index (χ4v) is 2.27. The number of aromatic nitrogens is 2. The first-order chi connectivity index (χ1) is 10.3. The van der Waals surface area contributed by atoms with Crippen LogP contribution in [-0.4, -0.2) is 48.0 Å². The normalized spacial score (nSPS) is 17.4. The molecule has 1 atom stereocenters. The van der Waals surface area contributed by atoms with Crippen molar-refractivity contribution >= 4 is 11.8 Å². The Bertz CT molecular complexity index is 460. The molecule has 114 valence electrons. The Morgan fingerprint density at radius 1 is 1.29 bits per heavy atom. The van der Waals surface area contributed by atoms with Crippen LogP contribution >= 0.6 is 0 Å². The highest BCUT2D eigenvalue weighted by molar-refractivity contribution is 5.91. The third kappa shape index (κ3) is 5.47. The van der Waals surface area contributed by atoms with Gasteiger partial charge in [0.25, 0.3) is 5.91 Å². The van der Waals surface area contributed by atoms with E-state index in [-0.39, 0.29) is 17.5 Å². The molecule has 0 radical (unpaired) electrons. The van der Waals surface area contributed by atoms with E-state index in [1.54, 1.807) is 0 Å². The Labute approximate surface area is 123 Å². The van der Waals surface area contributed by atoms with Gasteiger partial charge in [-0.2, -0.15) is 0 Å². The molecule has 1 saturated heterocycles. The van der Waals surface area contributed by atoms with Crippen LogP contribution in [0, 0.1) is 5.92 Å². The number of hydrogen-bond acceptors (Lipinski definition) is 5. The molecule has 1 fully saturated rings. The predicted molar refractivity (Wildman–Crippen MR) is 77.6 cm³/mol. The molecule has 1 aliphatic rings. The van der Waals surface area contributed by atoms with Crippen molar-refractivity contribution in [2.75, 3.05) is 26.2 Å². The van der Waals surface area contributed by atoms with Crippen molar-refractivity contribution in [2.24, 2.45) is 5.92 Å². The van der Waals surface area contributed by atoms with E-state index in [0.717, 1.165) is 25.9 Å². The molecular weight excluding hydrogens is 270 g/mol. The Morgan fingerprint density at radius 2 is 2.14 bits per heavy atom. The average molecular weight is 291 g/mol. The number of amides is 2. The zero-order valence-corrected chi connectivity index (χ0v) is 12.0. The lowest BCUT2D eigenvalue weighted by Gasteiger charge is -2.09. The molecule has 3 N–H and O–H groups in total. The largest absolute Gasteiger partial charge is 0.354 e. The van der Waals surface area contributed by atoms with Gasteiger partial charge < -0.3 is 16.0 Å². The third-order valence-electron chi connectivity index (χ3n) is 3.47. The van der Waals surface area contributed by atoms with E-state index in [1.165, 1.54) is 18.6 Å². The number of hydrogen-bond donors (Lipinski definition) is 3. The van der Waals surface area contributed by atoms with Gasteiger partial charge in [-0.05, 0) is 31.8 Å². The fourth-order valence-electron chi connectivity index (χ4n) is 2.27. The first-order valence-electron chi connectivity index (χ1n) is 7.27. The summed E-state index contributed by atoms with van der Waals surface area (Å²) in [6.45, 7) is 2.88. The van der Waals surface area contributed by atoms with E-state index in [4.69, 9.17) is 0 Å². The van der Waals surface area contributed by atoms with Crippen molar-refractivity contribution in [1.29, 1.82) is 0 Å². The van der Waals surface area contributed by atoms with Crippen molar-refractivity contribution < 1.29 is 9.59 Å². The van der Waals surface area contributed by atoms with Gasteiger partial charge in [-0.1, -0.05) is 0 Å². The van der Waals surface area contributed by atoms with Crippen molar-refractivity contribution in [3.05, 3.63) is 24.3 Å². The van der Waals surface area contributed by atoms with Gasteiger partial charge in [0, 0.05) is 31.9 Å². The molecule has 0 aromatic carbocycles. The van der Waals surface area contributed by atoms with Crippen LogP contribution in [0.25, 0.3) is 0 Å². The minimum absolute atomic E-state index is 0.0376. The first kappa shape index (κ1) is 15.4. The number of rotatable bonds is 7. The standard InChI is InChI=1S/C14H21N5O2/c20-13(2-1-11-3-4-15-9-11)18-7-8-19-14(21)12-10-16-5-6-17-12/h5-6,10-11,15H,1-4,7-9H2,(H,18,20)(H,19,21). The molecule has 1 aromatic heterocycles. The van der Waals surface area contributed by atoms with Gasteiger partial charge in [-0.25, -0.2) is 4.98 Å². The third-order valence-corrected chi connectivity index (χ3v) is 3.47. The van der Waals surface area contributed by atoms with E-state index < -0.39 is 0 Å². The van der Waals surface area contributed by atoms with E-state index in [2.05, 4.69) is 25.9 Å². The summed E-state index contributed by atoms with van der Waals surface area (Å²) >= 11 is 0. The van der Waals surface area contributed by atoms with Crippen LogP contribution in [0.3, 0.4) is 0 Å². The van der Waals surface area contributed by atoms with Crippen LogP contribution in [-0.2, 0) is 4.79 Å². The molecule has 7 heteroatoms. The van der Waals surface area contributed by atoms with Crippen molar-refractivity contribution in [3.63, 3.8) is 0 Å². The molecule has 1 unspecified atom stereocenters. The summed E-state index contributed by atoms with van der Waals surface area (Å²) in [4.78, 5) is 31.0. The van der Waals surface area contributed by atoms with Gasteiger partial charge in [0.1, 0.15) is 5.69 Å². The number of nitrogens with zero attached hydrogens (tertiary/aromatic N) is 2. The zero-order chi connectivity index (χ0) is 14.9. The average Bonchev–Trinajstić information content (AvgIpc) is 3.03. The summed E-state index contributed by atoms with van der Waals surface area (Å²) in [6, 6.07) is 0. The minimum Gasteiger partial charge on any atom is -0.354 e. The topological polar surface area (TPSA) is 96.0 Å². The second-order valence-corrected chi connectivity index (χ2v) is 5.09. The van der Waals surface area contributed by atoms with Gasteiger partial charge in [-0.3, -0.25) is 14.6 Å². The van der Waals surface area contributed by atoms with Crippen molar-refractivity contribution in [1.82, 2.24) is 25.9 Å². The molecule has 0 aliphatic carbocycles. The Balaban J connectivity index is 1.54. The van der Waals surface area contributed by atoms with Gasteiger partial charge in [0.2, 0.25) is 5.91 Å². The van der Waals surface area contributed by atoms with Crippen LogP contribution in [0.2, 0.25) is 0 Å². The Kier molecular flexibility index (Phi) is 6.08. The smallest absolute Gasteiger partial charge is 0.271 e. The van der Waals surface area contributed by atoms with Gasteiger partial charge in [0.15, 0.2) is 0 Å². The molecule has 0 saturated carbocycles. The summed E-state index contributed by atoms with van der Waals surface area (Å²) in [5, 5.41) is 8.77. The monoisotopic (exact) mass is 291 g/mol.